The molecule has 1 saturated carbocycles. The van der Waals surface area contributed by atoms with E-state index in [0.29, 0.717) is 5.92 Å². The SMILES string of the molecule is FCn1nccc1C1CC1. The summed E-state index contributed by atoms with van der Waals surface area (Å²) in [6.45, 7) is -0.487. The first-order chi connectivity index (χ1) is 4.92. The lowest BCUT2D eigenvalue weighted by Crippen LogP contribution is -1.99. The summed E-state index contributed by atoms with van der Waals surface area (Å²) in [5.41, 5.74) is 1.06. The van der Waals surface area contributed by atoms with Gasteiger partial charge < -0.3 is 0 Å². The van der Waals surface area contributed by atoms with Crippen molar-refractivity contribution in [3.8, 4) is 0 Å². The lowest BCUT2D eigenvalue weighted by molar-refractivity contribution is 0.341. The second kappa shape index (κ2) is 2.08. The minimum Gasteiger partial charge on any atom is -0.238 e. The molecule has 54 valence electrons. The zero-order valence-electron chi connectivity index (χ0n) is 5.63. The molecule has 0 saturated heterocycles. The van der Waals surface area contributed by atoms with Crippen molar-refractivity contribution in [2.24, 2.45) is 0 Å². The Labute approximate surface area is 58.7 Å². The molecule has 1 heterocycles. The average molecular weight is 140 g/mol. The predicted molar refractivity (Wildman–Crippen MR) is 35.3 cm³/mol. The Morgan fingerprint density at radius 1 is 1.70 bits per heavy atom. The quantitative estimate of drug-likeness (QED) is 0.611. The lowest BCUT2D eigenvalue weighted by atomic mass is 10.3. The number of hydrogen-bond donors (Lipinski definition) is 0. The first-order valence-electron chi connectivity index (χ1n) is 3.49. The van der Waals surface area contributed by atoms with Gasteiger partial charge in [-0.3, -0.25) is 0 Å². The van der Waals surface area contributed by atoms with Crippen molar-refractivity contribution in [3.63, 3.8) is 0 Å². The van der Waals surface area contributed by atoms with Crippen LogP contribution in [-0.2, 0) is 6.80 Å². The summed E-state index contributed by atoms with van der Waals surface area (Å²) < 4.78 is 13.5. The summed E-state index contributed by atoms with van der Waals surface area (Å²) in [7, 11) is 0. The highest BCUT2D eigenvalue weighted by Gasteiger charge is 2.26. The third-order valence-corrected chi connectivity index (χ3v) is 1.86. The van der Waals surface area contributed by atoms with Crippen LogP contribution in [-0.4, -0.2) is 9.78 Å². The van der Waals surface area contributed by atoms with E-state index < -0.39 is 6.80 Å². The van der Waals surface area contributed by atoms with Gasteiger partial charge in [0.05, 0.1) is 0 Å². The fourth-order valence-electron chi connectivity index (χ4n) is 1.17. The third-order valence-electron chi connectivity index (χ3n) is 1.86. The fourth-order valence-corrected chi connectivity index (χ4v) is 1.17. The van der Waals surface area contributed by atoms with Gasteiger partial charge in [0.25, 0.3) is 0 Å². The van der Waals surface area contributed by atoms with Crippen LogP contribution in [0.15, 0.2) is 12.3 Å². The molecule has 0 aromatic carbocycles. The second-order valence-electron chi connectivity index (χ2n) is 2.65. The van der Waals surface area contributed by atoms with Crippen LogP contribution in [0.3, 0.4) is 0 Å². The summed E-state index contributed by atoms with van der Waals surface area (Å²) in [6.07, 6.45) is 4.06. The molecule has 1 aliphatic rings. The van der Waals surface area contributed by atoms with E-state index in [0.717, 1.165) is 5.69 Å². The van der Waals surface area contributed by atoms with Gasteiger partial charge in [-0.2, -0.15) is 5.10 Å². The molecule has 1 aromatic heterocycles. The lowest BCUT2D eigenvalue weighted by Gasteiger charge is -1.98. The van der Waals surface area contributed by atoms with E-state index in [1.54, 1.807) is 6.20 Å². The molecule has 1 aromatic rings. The number of nitrogens with zero attached hydrogens (tertiary/aromatic N) is 2. The van der Waals surface area contributed by atoms with Gasteiger partial charge in [0.15, 0.2) is 6.80 Å². The normalized spacial score (nSPS) is 17.7. The molecule has 0 atom stereocenters. The van der Waals surface area contributed by atoms with E-state index in [4.69, 9.17) is 0 Å². The van der Waals surface area contributed by atoms with Gasteiger partial charge in [-0.05, 0) is 18.9 Å². The highest BCUT2D eigenvalue weighted by Crippen LogP contribution is 2.39. The summed E-state index contributed by atoms with van der Waals surface area (Å²) in [5.74, 6) is 0.596. The molecule has 2 rings (SSSR count). The largest absolute Gasteiger partial charge is 0.238 e. The minimum absolute atomic E-state index is 0.487. The average Bonchev–Trinajstić information content (AvgIpc) is 2.69. The van der Waals surface area contributed by atoms with Crippen molar-refractivity contribution in [1.29, 1.82) is 0 Å². The van der Waals surface area contributed by atoms with Crippen LogP contribution in [0, 0.1) is 0 Å². The summed E-state index contributed by atoms with van der Waals surface area (Å²) >= 11 is 0. The molecule has 3 heteroatoms. The van der Waals surface area contributed by atoms with E-state index in [1.807, 2.05) is 6.07 Å². The molecule has 10 heavy (non-hydrogen) atoms. The minimum atomic E-state index is -0.487. The highest BCUT2D eigenvalue weighted by molar-refractivity contribution is 5.13. The standard InChI is InChI=1S/C7H9FN2/c8-5-10-7(3-4-9-10)6-1-2-6/h3-4,6H,1-2,5H2. The Morgan fingerprint density at radius 2 is 2.50 bits per heavy atom. The molecule has 1 aliphatic carbocycles. The van der Waals surface area contributed by atoms with Gasteiger partial charge in [-0.15, -0.1) is 0 Å². The smallest absolute Gasteiger partial charge is 0.181 e. The first kappa shape index (κ1) is 5.89. The molecule has 0 unspecified atom stereocenters. The van der Waals surface area contributed by atoms with Gasteiger partial charge in [0.1, 0.15) is 0 Å². The molecule has 0 spiro atoms. The number of alkyl halides is 1. The number of halogens is 1. The van der Waals surface area contributed by atoms with Crippen LogP contribution < -0.4 is 0 Å². The van der Waals surface area contributed by atoms with Gasteiger partial charge in [-0.25, -0.2) is 9.07 Å². The van der Waals surface area contributed by atoms with Gasteiger partial charge in [0, 0.05) is 17.8 Å². The van der Waals surface area contributed by atoms with Gasteiger partial charge in [-0.1, -0.05) is 0 Å². The van der Waals surface area contributed by atoms with E-state index in [2.05, 4.69) is 5.10 Å². The van der Waals surface area contributed by atoms with Crippen molar-refractivity contribution >= 4 is 0 Å². The van der Waals surface area contributed by atoms with Gasteiger partial charge >= 0.3 is 0 Å². The van der Waals surface area contributed by atoms with Crippen LogP contribution in [0.5, 0.6) is 0 Å². The fraction of sp³-hybridized carbons (Fsp3) is 0.571. The Hall–Kier alpha value is -0.860. The topological polar surface area (TPSA) is 17.8 Å². The summed E-state index contributed by atoms with van der Waals surface area (Å²) in [4.78, 5) is 0. The first-order valence-corrected chi connectivity index (χ1v) is 3.49. The molecule has 0 bridgehead atoms. The number of hydrogen-bond acceptors (Lipinski definition) is 1. The van der Waals surface area contributed by atoms with Crippen LogP contribution >= 0.6 is 0 Å². The van der Waals surface area contributed by atoms with E-state index >= 15 is 0 Å². The van der Waals surface area contributed by atoms with Crippen LogP contribution in [0.2, 0.25) is 0 Å². The zero-order valence-corrected chi connectivity index (χ0v) is 5.63. The molecular weight excluding hydrogens is 131 g/mol. The molecule has 0 N–H and O–H groups in total. The summed E-state index contributed by atoms with van der Waals surface area (Å²) in [6, 6.07) is 1.90. The van der Waals surface area contributed by atoms with Crippen LogP contribution in [0.1, 0.15) is 24.5 Å². The molecule has 0 radical (unpaired) electrons. The van der Waals surface area contributed by atoms with E-state index in [9.17, 15) is 4.39 Å². The zero-order chi connectivity index (χ0) is 6.97. The second-order valence-corrected chi connectivity index (χ2v) is 2.65. The Balaban J connectivity index is 2.28. The molecule has 2 nitrogen and oxygen atoms in total. The predicted octanol–water partition coefficient (Wildman–Crippen LogP) is 1.69. The molecular formula is C7H9FN2. The number of rotatable bonds is 2. The molecule has 0 aliphatic heterocycles. The van der Waals surface area contributed by atoms with Crippen molar-refractivity contribution in [2.45, 2.75) is 25.6 Å². The maximum Gasteiger partial charge on any atom is 0.181 e. The highest BCUT2D eigenvalue weighted by atomic mass is 19.1. The molecule has 1 fully saturated rings. The van der Waals surface area contributed by atoms with Crippen LogP contribution in [0.4, 0.5) is 4.39 Å². The Morgan fingerprint density at radius 3 is 3.10 bits per heavy atom. The van der Waals surface area contributed by atoms with Crippen molar-refractivity contribution < 1.29 is 4.39 Å². The maximum absolute atomic E-state index is 12.1. The monoisotopic (exact) mass is 140 g/mol. The Kier molecular flexibility index (Phi) is 1.22. The Bertz CT molecular complexity index is 227. The molecule has 0 amide bonds. The summed E-state index contributed by atoms with van der Waals surface area (Å²) in [5, 5.41) is 3.84. The van der Waals surface area contributed by atoms with Crippen molar-refractivity contribution in [1.82, 2.24) is 9.78 Å². The van der Waals surface area contributed by atoms with E-state index in [-0.39, 0.29) is 0 Å². The van der Waals surface area contributed by atoms with Crippen LogP contribution in [0.25, 0.3) is 0 Å². The van der Waals surface area contributed by atoms with Crippen molar-refractivity contribution in [3.05, 3.63) is 18.0 Å². The third kappa shape index (κ3) is 0.818. The van der Waals surface area contributed by atoms with Gasteiger partial charge in [0.2, 0.25) is 0 Å². The maximum atomic E-state index is 12.1. The van der Waals surface area contributed by atoms with E-state index in [1.165, 1.54) is 17.5 Å². The van der Waals surface area contributed by atoms with Crippen molar-refractivity contribution in [2.75, 3.05) is 0 Å². The number of aromatic nitrogens is 2.